The molecule has 1 aromatic heterocycles. The number of rotatable bonds is 4. The van der Waals surface area contributed by atoms with Gasteiger partial charge in [-0.25, -0.2) is 4.79 Å². The molecule has 1 aromatic rings. The third-order valence-corrected chi connectivity index (χ3v) is 1.65. The van der Waals surface area contributed by atoms with Gasteiger partial charge < -0.3 is 15.4 Å². The van der Waals surface area contributed by atoms with Crippen molar-refractivity contribution in [1.82, 2.24) is 10.3 Å². The third-order valence-electron chi connectivity index (χ3n) is 1.65. The van der Waals surface area contributed by atoms with Crippen LogP contribution in [0.2, 0.25) is 0 Å². The molecular formula is C8H11N3O3. The Morgan fingerprint density at radius 1 is 1.57 bits per heavy atom. The average molecular weight is 197 g/mol. The maximum Gasteiger partial charge on any atom is 0.330 e. The molecule has 1 amide bonds. The zero-order valence-corrected chi connectivity index (χ0v) is 7.57. The Kier molecular flexibility index (Phi) is 3.24. The maximum atomic E-state index is 11.3. The molecule has 76 valence electrons. The van der Waals surface area contributed by atoms with Crippen molar-refractivity contribution in [3.05, 3.63) is 18.3 Å². The van der Waals surface area contributed by atoms with Crippen LogP contribution in [0.1, 0.15) is 0 Å². The molecule has 0 saturated heterocycles. The van der Waals surface area contributed by atoms with Crippen LogP contribution >= 0.6 is 0 Å². The molecule has 0 spiro atoms. The highest BCUT2D eigenvalue weighted by atomic mass is 16.4. The first-order valence-electron chi connectivity index (χ1n) is 3.99. The van der Waals surface area contributed by atoms with Gasteiger partial charge >= 0.3 is 5.97 Å². The van der Waals surface area contributed by atoms with Gasteiger partial charge in [0, 0.05) is 6.20 Å². The number of nitrogens with one attached hydrogen (secondary N) is 3. The molecule has 0 aromatic carbocycles. The highest BCUT2D eigenvalue weighted by molar-refractivity contribution is 6.07. The summed E-state index contributed by atoms with van der Waals surface area (Å²) < 4.78 is 0. The second-order valence-corrected chi connectivity index (χ2v) is 2.63. The monoisotopic (exact) mass is 197 g/mol. The predicted octanol–water partition coefficient (Wildman–Crippen LogP) is -0.374. The van der Waals surface area contributed by atoms with Crippen molar-refractivity contribution < 1.29 is 14.7 Å². The largest absolute Gasteiger partial charge is 0.480 e. The van der Waals surface area contributed by atoms with Crippen LogP contribution in [-0.4, -0.2) is 35.1 Å². The van der Waals surface area contributed by atoms with E-state index in [0.717, 1.165) is 0 Å². The first-order chi connectivity index (χ1) is 6.65. The van der Waals surface area contributed by atoms with E-state index < -0.39 is 17.9 Å². The summed E-state index contributed by atoms with van der Waals surface area (Å²) in [6.07, 6.45) is 1.63. The molecule has 1 heterocycles. The Morgan fingerprint density at radius 3 is 2.71 bits per heavy atom. The van der Waals surface area contributed by atoms with Crippen molar-refractivity contribution in [2.24, 2.45) is 0 Å². The SMILES string of the molecule is CNC(C(=O)O)C(=O)Nc1ccc[nH]1. The number of carbonyl (C=O) groups excluding carboxylic acids is 1. The number of anilines is 1. The Bertz CT molecular complexity index is 321. The summed E-state index contributed by atoms with van der Waals surface area (Å²) in [5.41, 5.74) is 0. The minimum Gasteiger partial charge on any atom is -0.480 e. The number of aromatic amines is 1. The van der Waals surface area contributed by atoms with Crippen molar-refractivity contribution in [3.8, 4) is 0 Å². The summed E-state index contributed by atoms with van der Waals surface area (Å²) >= 11 is 0. The third kappa shape index (κ3) is 2.33. The maximum absolute atomic E-state index is 11.3. The van der Waals surface area contributed by atoms with Crippen molar-refractivity contribution in [2.45, 2.75) is 6.04 Å². The van der Waals surface area contributed by atoms with E-state index in [2.05, 4.69) is 15.6 Å². The van der Waals surface area contributed by atoms with Crippen LogP contribution in [0.15, 0.2) is 18.3 Å². The van der Waals surface area contributed by atoms with Gasteiger partial charge in [-0.15, -0.1) is 0 Å². The summed E-state index contributed by atoms with van der Waals surface area (Å²) in [7, 11) is 1.41. The van der Waals surface area contributed by atoms with Crippen LogP contribution in [0, 0.1) is 0 Å². The van der Waals surface area contributed by atoms with E-state index in [9.17, 15) is 9.59 Å². The van der Waals surface area contributed by atoms with Gasteiger partial charge in [0.2, 0.25) is 0 Å². The topological polar surface area (TPSA) is 94.2 Å². The fraction of sp³-hybridized carbons (Fsp3) is 0.250. The van der Waals surface area contributed by atoms with Gasteiger partial charge in [-0.05, 0) is 19.2 Å². The molecule has 6 nitrogen and oxygen atoms in total. The fourth-order valence-corrected chi connectivity index (χ4v) is 0.980. The average Bonchev–Trinajstić information content (AvgIpc) is 2.57. The minimum absolute atomic E-state index is 0.469. The Balaban J connectivity index is 2.61. The number of aromatic nitrogens is 1. The molecular weight excluding hydrogens is 186 g/mol. The molecule has 14 heavy (non-hydrogen) atoms. The molecule has 0 aliphatic heterocycles. The van der Waals surface area contributed by atoms with Crippen molar-refractivity contribution in [3.63, 3.8) is 0 Å². The number of H-pyrrole nitrogens is 1. The number of carbonyl (C=O) groups is 2. The van der Waals surface area contributed by atoms with E-state index in [1.54, 1.807) is 18.3 Å². The van der Waals surface area contributed by atoms with E-state index in [1.807, 2.05) is 0 Å². The van der Waals surface area contributed by atoms with Gasteiger partial charge in [0.05, 0.1) is 0 Å². The van der Waals surface area contributed by atoms with Crippen LogP contribution in [0.3, 0.4) is 0 Å². The summed E-state index contributed by atoms with van der Waals surface area (Å²) in [5, 5.41) is 13.4. The van der Waals surface area contributed by atoms with Crippen LogP contribution in [0.25, 0.3) is 0 Å². The summed E-state index contributed by atoms with van der Waals surface area (Å²) in [4.78, 5) is 24.6. The quantitative estimate of drug-likeness (QED) is 0.495. The molecule has 0 fully saturated rings. The number of likely N-dealkylation sites (N-methyl/N-ethyl adjacent to an activating group) is 1. The summed E-state index contributed by atoms with van der Waals surface area (Å²) in [6.45, 7) is 0. The fourth-order valence-electron chi connectivity index (χ4n) is 0.980. The van der Waals surface area contributed by atoms with Crippen molar-refractivity contribution in [1.29, 1.82) is 0 Å². The summed E-state index contributed by atoms with van der Waals surface area (Å²) in [5.74, 6) is -1.35. The molecule has 1 atom stereocenters. The minimum atomic E-state index is -1.24. The first kappa shape index (κ1) is 10.3. The van der Waals surface area contributed by atoms with E-state index in [-0.39, 0.29) is 0 Å². The Labute approximate surface area is 80.3 Å². The lowest BCUT2D eigenvalue weighted by Gasteiger charge is -2.10. The molecule has 1 unspecified atom stereocenters. The highest BCUT2D eigenvalue weighted by Crippen LogP contribution is 2.01. The standard InChI is InChI=1S/C8H11N3O3/c1-9-6(8(13)14)7(12)11-5-3-2-4-10-5/h2-4,6,9-10H,1H3,(H,11,12)(H,13,14). The number of hydrogen-bond donors (Lipinski definition) is 4. The van der Waals surface area contributed by atoms with Crippen LogP contribution in [-0.2, 0) is 9.59 Å². The van der Waals surface area contributed by atoms with E-state index in [4.69, 9.17) is 5.11 Å². The Morgan fingerprint density at radius 2 is 2.29 bits per heavy atom. The molecule has 0 saturated carbocycles. The molecule has 0 radical (unpaired) electrons. The zero-order chi connectivity index (χ0) is 10.6. The molecule has 0 bridgehead atoms. The normalized spacial score (nSPS) is 12.1. The number of amides is 1. The van der Waals surface area contributed by atoms with E-state index >= 15 is 0 Å². The lowest BCUT2D eigenvalue weighted by Crippen LogP contribution is -2.44. The molecule has 6 heteroatoms. The predicted molar refractivity (Wildman–Crippen MR) is 49.9 cm³/mol. The lowest BCUT2D eigenvalue weighted by atomic mass is 10.3. The second-order valence-electron chi connectivity index (χ2n) is 2.63. The lowest BCUT2D eigenvalue weighted by molar-refractivity contribution is -0.142. The van der Waals surface area contributed by atoms with Gasteiger partial charge in [0.1, 0.15) is 5.82 Å². The highest BCUT2D eigenvalue weighted by Gasteiger charge is 2.23. The first-order valence-corrected chi connectivity index (χ1v) is 3.99. The van der Waals surface area contributed by atoms with Gasteiger partial charge in [0.15, 0.2) is 6.04 Å². The Hall–Kier alpha value is -1.82. The molecule has 0 aliphatic carbocycles. The van der Waals surface area contributed by atoms with Crippen molar-refractivity contribution >= 4 is 17.7 Å². The van der Waals surface area contributed by atoms with Gasteiger partial charge in [-0.3, -0.25) is 10.1 Å². The van der Waals surface area contributed by atoms with Crippen LogP contribution < -0.4 is 10.6 Å². The second kappa shape index (κ2) is 4.43. The zero-order valence-electron chi connectivity index (χ0n) is 7.57. The number of carboxylic acids is 1. The van der Waals surface area contributed by atoms with Gasteiger partial charge in [-0.2, -0.15) is 0 Å². The number of aliphatic carboxylic acids is 1. The van der Waals surface area contributed by atoms with Gasteiger partial charge in [0.25, 0.3) is 5.91 Å². The number of carboxylic acid groups (broad SMARTS) is 1. The van der Waals surface area contributed by atoms with E-state index in [1.165, 1.54) is 7.05 Å². The van der Waals surface area contributed by atoms with Crippen LogP contribution in [0.4, 0.5) is 5.82 Å². The molecule has 4 N–H and O–H groups in total. The van der Waals surface area contributed by atoms with Crippen LogP contribution in [0.5, 0.6) is 0 Å². The summed E-state index contributed by atoms with van der Waals surface area (Å²) in [6, 6.07) is 2.09. The molecule has 0 aliphatic rings. The van der Waals surface area contributed by atoms with E-state index in [0.29, 0.717) is 5.82 Å². The van der Waals surface area contributed by atoms with Crippen molar-refractivity contribution in [2.75, 3.05) is 12.4 Å². The number of hydrogen-bond acceptors (Lipinski definition) is 3. The van der Waals surface area contributed by atoms with Gasteiger partial charge in [-0.1, -0.05) is 0 Å². The molecule has 1 rings (SSSR count). The smallest absolute Gasteiger partial charge is 0.330 e.